The fourth-order valence-corrected chi connectivity index (χ4v) is 7.34. The average Bonchev–Trinajstić information content (AvgIpc) is 4.12. The average molecular weight is 1150 g/mol. The predicted octanol–water partition coefficient (Wildman–Crippen LogP) is 9.27. The summed E-state index contributed by atoms with van der Waals surface area (Å²) in [6.45, 7) is 5.66. The van der Waals surface area contributed by atoms with Crippen LogP contribution in [0, 0.1) is 13.8 Å². The van der Waals surface area contributed by atoms with Crippen LogP contribution in [0.3, 0.4) is 0 Å². The van der Waals surface area contributed by atoms with Gasteiger partial charge in [0, 0.05) is 55.5 Å². The molecule has 6 aromatic heterocycles. The topological polar surface area (TPSA) is 293 Å². The SMILES string of the molecule is C.Cc1ccc(NC(=O)N2CC=C(c3ncc(C(O)c4nnc(CO)o4)cc3Cl)CC2)nc1.Cc1ccc(NC(=O)Oc2ccccc2)nc1.Cl.ClCCl.OCc1nnc(C(O)c2cnc(C3=CCNCC3)c(Cl)c2)o1. The van der Waals surface area contributed by atoms with Gasteiger partial charge in [-0.15, -0.1) is 56.0 Å². The van der Waals surface area contributed by atoms with Gasteiger partial charge in [0.25, 0.3) is 0 Å². The summed E-state index contributed by atoms with van der Waals surface area (Å²) in [5, 5.41) is 62.7. The molecule has 9 rings (SSSR count). The van der Waals surface area contributed by atoms with Crippen molar-refractivity contribution in [2.75, 3.05) is 42.2 Å². The summed E-state index contributed by atoms with van der Waals surface area (Å²) in [5.74, 6) is 1.46. The van der Waals surface area contributed by atoms with Crippen molar-refractivity contribution in [2.45, 2.75) is 59.5 Å². The third-order valence-electron chi connectivity index (χ3n) is 10.5. The van der Waals surface area contributed by atoms with Crippen LogP contribution in [-0.2, 0) is 13.2 Å². The third kappa shape index (κ3) is 18.3. The summed E-state index contributed by atoms with van der Waals surface area (Å²) in [5.41, 5.74) is 6.20. The summed E-state index contributed by atoms with van der Waals surface area (Å²) in [6, 6.07) is 19.1. The van der Waals surface area contributed by atoms with Crippen LogP contribution in [0.25, 0.3) is 11.1 Å². The Labute approximate surface area is 463 Å². The van der Waals surface area contributed by atoms with Gasteiger partial charge in [-0.1, -0.05) is 73.1 Å². The number of anilines is 2. The molecule has 2 unspecified atom stereocenters. The minimum absolute atomic E-state index is 0. The Morgan fingerprint density at radius 1 is 0.724 bits per heavy atom. The van der Waals surface area contributed by atoms with E-state index in [1.54, 1.807) is 65.8 Å². The highest BCUT2D eigenvalue weighted by Crippen LogP contribution is 2.32. The van der Waals surface area contributed by atoms with E-state index in [0.717, 1.165) is 47.5 Å². The van der Waals surface area contributed by atoms with Gasteiger partial charge in [-0.3, -0.25) is 20.6 Å². The molecule has 76 heavy (non-hydrogen) atoms. The zero-order valence-electron chi connectivity index (χ0n) is 40.1. The Kier molecular flexibility index (Phi) is 25.6. The number of aryl methyl sites for hydroxylation is 2. The first-order valence-electron chi connectivity index (χ1n) is 22.5. The molecular formula is C50H55Cl5N12O9. The lowest BCUT2D eigenvalue weighted by molar-refractivity contribution is 0.170. The van der Waals surface area contributed by atoms with Crippen molar-refractivity contribution >= 4 is 93.7 Å². The van der Waals surface area contributed by atoms with Gasteiger partial charge in [0.05, 0.1) is 26.8 Å². The fraction of sp³-hybridized carbons (Fsp3) is 0.280. The molecular weight excluding hydrogens is 1090 g/mol. The van der Waals surface area contributed by atoms with Gasteiger partial charge in [-0.2, -0.15) is 0 Å². The molecule has 7 N–H and O–H groups in total. The van der Waals surface area contributed by atoms with Crippen LogP contribution in [0.2, 0.25) is 10.0 Å². The number of alkyl halides is 2. The van der Waals surface area contributed by atoms with E-state index in [1.165, 1.54) is 12.4 Å². The molecule has 0 saturated carbocycles. The van der Waals surface area contributed by atoms with Crippen LogP contribution in [0.15, 0.2) is 113 Å². The summed E-state index contributed by atoms with van der Waals surface area (Å²) in [6.07, 6.45) is 8.90. The smallest absolute Gasteiger partial charge is 0.418 e. The summed E-state index contributed by atoms with van der Waals surface area (Å²) in [7, 11) is 0. The minimum Gasteiger partial charge on any atom is -0.420 e. The van der Waals surface area contributed by atoms with Crippen molar-refractivity contribution in [3.63, 3.8) is 0 Å². The molecule has 0 spiro atoms. The lowest BCUT2D eigenvalue weighted by atomic mass is 10.0. The second-order valence-corrected chi connectivity index (χ2v) is 17.4. The normalized spacial score (nSPS) is 13.4. The first-order valence-corrected chi connectivity index (χ1v) is 24.3. The van der Waals surface area contributed by atoms with Crippen molar-refractivity contribution in [3.05, 3.63) is 171 Å². The number of pyridine rings is 4. The highest BCUT2D eigenvalue weighted by molar-refractivity contribution is 6.40. The van der Waals surface area contributed by atoms with Crippen LogP contribution in [-0.4, -0.2) is 109 Å². The molecule has 404 valence electrons. The molecule has 2 aliphatic heterocycles. The maximum Gasteiger partial charge on any atom is 0.418 e. The van der Waals surface area contributed by atoms with Crippen LogP contribution >= 0.6 is 58.8 Å². The lowest BCUT2D eigenvalue weighted by Gasteiger charge is -2.26. The monoisotopic (exact) mass is 1140 g/mol. The quantitative estimate of drug-likeness (QED) is 0.0594. The highest BCUT2D eigenvalue weighted by atomic mass is 35.5. The number of hydrogen-bond acceptors (Lipinski definition) is 18. The Morgan fingerprint density at radius 3 is 1.66 bits per heavy atom. The Hall–Kier alpha value is -6.63. The van der Waals surface area contributed by atoms with E-state index in [1.807, 2.05) is 38.1 Å². The van der Waals surface area contributed by atoms with Crippen molar-refractivity contribution in [3.8, 4) is 5.75 Å². The van der Waals surface area contributed by atoms with Crippen LogP contribution < -0.4 is 20.7 Å². The number of nitrogens with one attached hydrogen (secondary N) is 3. The molecule has 21 nitrogen and oxygen atoms in total. The Morgan fingerprint density at radius 2 is 1.24 bits per heavy atom. The van der Waals surface area contributed by atoms with Crippen LogP contribution in [0.4, 0.5) is 21.2 Å². The molecule has 8 heterocycles. The Balaban J connectivity index is 0.000000248. The maximum atomic E-state index is 12.5. The van der Waals surface area contributed by atoms with Gasteiger partial charge < -0.3 is 44.2 Å². The van der Waals surface area contributed by atoms with E-state index in [2.05, 4.69) is 62.4 Å². The van der Waals surface area contributed by atoms with Crippen molar-refractivity contribution in [1.29, 1.82) is 0 Å². The second kappa shape index (κ2) is 31.4. The lowest BCUT2D eigenvalue weighted by Crippen LogP contribution is -2.38. The molecule has 0 aliphatic carbocycles. The van der Waals surface area contributed by atoms with Crippen LogP contribution in [0.5, 0.6) is 5.75 Å². The largest absolute Gasteiger partial charge is 0.420 e. The number of hydrogen-bond donors (Lipinski definition) is 7. The van der Waals surface area contributed by atoms with Gasteiger partial charge in [-0.05, 0) is 91.9 Å². The number of nitrogens with zero attached hydrogens (tertiary/aromatic N) is 9. The number of rotatable bonds is 11. The number of para-hydroxylation sites is 1. The molecule has 1 aromatic carbocycles. The van der Waals surface area contributed by atoms with Crippen molar-refractivity contribution in [2.24, 2.45) is 0 Å². The fourth-order valence-electron chi connectivity index (χ4n) is 6.75. The molecule has 0 bridgehead atoms. The molecule has 3 amide bonds. The van der Waals surface area contributed by atoms with E-state index in [4.69, 9.17) is 70.2 Å². The number of aromatic nitrogens is 8. The number of aliphatic hydroxyl groups is 4. The van der Waals surface area contributed by atoms with E-state index < -0.39 is 24.9 Å². The van der Waals surface area contributed by atoms with Crippen molar-refractivity contribution < 1.29 is 43.6 Å². The summed E-state index contributed by atoms with van der Waals surface area (Å²) >= 11 is 22.2. The number of halogens is 5. The Bertz CT molecular complexity index is 2990. The number of carbonyl (C=O) groups excluding carboxylic acids is 2. The predicted molar refractivity (Wildman–Crippen MR) is 290 cm³/mol. The number of benzene rings is 1. The molecule has 2 aliphatic rings. The number of urea groups is 1. The molecule has 2 atom stereocenters. The maximum absolute atomic E-state index is 12.5. The van der Waals surface area contributed by atoms with Gasteiger partial charge in [0.1, 0.15) is 30.6 Å². The van der Waals surface area contributed by atoms with E-state index in [0.29, 0.717) is 63.8 Å². The molecule has 0 saturated heterocycles. The van der Waals surface area contributed by atoms with Gasteiger partial charge in [0.15, 0.2) is 12.2 Å². The number of aliphatic hydroxyl groups excluding tert-OH is 4. The van der Waals surface area contributed by atoms with E-state index in [-0.39, 0.29) is 61.4 Å². The zero-order valence-corrected chi connectivity index (χ0v) is 43.9. The number of amides is 3. The molecule has 26 heteroatoms. The highest BCUT2D eigenvalue weighted by Gasteiger charge is 2.24. The third-order valence-corrected chi connectivity index (χ3v) is 11.0. The van der Waals surface area contributed by atoms with Gasteiger partial charge in [0.2, 0.25) is 23.6 Å². The molecule has 0 fully saturated rings. The summed E-state index contributed by atoms with van der Waals surface area (Å²) < 4.78 is 15.3. The van der Waals surface area contributed by atoms with E-state index in [9.17, 15) is 19.8 Å². The number of ether oxygens (including phenoxy) is 1. The molecule has 0 radical (unpaired) electrons. The van der Waals surface area contributed by atoms with Gasteiger partial charge >= 0.3 is 12.1 Å². The van der Waals surface area contributed by atoms with E-state index >= 15 is 0 Å². The molecule has 7 aromatic rings. The standard InChI is InChI=1S/C21H21ClN6O4.C14H15ClN4O3.C13H12N2O2.CH2Cl2.CH4.ClH/c1-12-2-3-16(23-9-12)25-21(31)28-6-4-13(5-7-28)18-15(22)8-14(10-24-18)19(30)20-27-26-17(11-29)32-20;15-10-5-9(13(21)14-19-18-11(7-20)22-14)6-17-12(10)8-1-3-16-4-2-8;1-10-7-8-12(14-9-10)15-13(16)17-11-5-3-2-4-6-11;2-1-3;;/h2-4,8-10,19,29-30H,5-7,11H2,1H3,(H,23,25,31);1,5-6,13,16,20-21H,2-4,7H2;2-9H,1H3,(H,14,15,16);1H2;1H4;1H. The summed E-state index contributed by atoms with van der Waals surface area (Å²) in [4.78, 5) is 42.6. The van der Waals surface area contributed by atoms with Crippen molar-refractivity contribution in [1.82, 2.24) is 50.5 Å². The minimum atomic E-state index is -1.21. The van der Waals surface area contributed by atoms with Gasteiger partial charge in [-0.25, -0.2) is 19.6 Å². The first-order chi connectivity index (χ1) is 35.8. The zero-order chi connectivity index (χ0) is 53.0. The first kappa shape index (κ1) is 61.9. The second-order valence-electron chi connectivity index (χ2n) is 15.8. The number of carbonyl (C=O) groups is 2. The van der Waals surface area contributed by atoms with Crippen LogP contribution in [0.1, 0.15) is 89.7 Å².